The highest BCUT2D eigenvalue weighted by molar-refractivity contribution is 6.76. The van der Waals surface area contributed by atoms with Crippen LogP contribution in [0.25, 0.3) is 10.9 Å². The van der Waals surface area contributed by atoms with E-state index in [0.29, 0.717) is 13.2 Å². The van der Waals surface area contributed by atoms with E-state index in [2.05, 4.69) is 19.6 Å². The lowest BCUT2D eigenvalue weighted by Crippen LogP contribution is -2.22. The number of ether oxygens (including phenoxy) is 1. The van der Waals surface area contributed by atoms with E-state index in [9.17, 15) is 4.39 Å². The van der Waals surface area contributed by atoms with E-state index in [1.165, 1.54) is 0 Å². The van der Waals surface area contributed by atoms with Crippen molar-refractivity contribution >= 4 is 19.0 Å². The maximum atomic E-state index is 13.9. The molecule has 0 N–H and O–H groups in total. The molecule has 4 heteroatoms. The number of benzene rings is 1. The van der Waals surface area contributed by atoms with Crippen LogP contribution in [-0.4, -0.2) is 19.2 Å². The van der Waals surface area contributed by atoms with Crippen molar-refractivity contribution in [2.45, 2.75) is 45.8 Å². The molecular weight excluding hydrogens is 269 g/mol. The van der Waals surface area contributed by atoms with Crippen molar-refractivity contribution < 1.29 is 9.13 Å². The van der Waals surface area contributed by atoms with Gasteiger partial charge in [-0.25, -0.2) is 4.39 Å². The van der Waals surface area contributed by atoms with Gasteiger partial charge in [0, 0.05) is 31.8 Å². The number of halogens is 1. The second-order valence-electron chi connectivity index (χ2n) is 6.45. The van der Waals surface area contributed by atoms with E-state index in [-0.39, 0.29) is 5.82 Å². The number of hydrogen-bond acceptors (Lipinski definition) is 1. The Morgan fingerprint density at radius 1 is 1.20 bits per heavy atom. The lowest BCUT2D eigenvalue weighted by molar-refractivity contribution is 0.0901. The predicted molar refractivity (Wildman–Crippen MR) is 85.4 cm³/mol. The molecule has 0 spiro atoms. The molecule has 0 saturated carbocycles. The van der Waals surface area contributed by atoms with Crippen LogP contribution in [0, 0.1) is 5.82 Å². The van der Waals surface area contributed by atoms with E-state index >= 15 is 0 Å². The summed E-state index contributed by atoms with van der Waals surface area (Å²) in [7, 11) is -1.05. The van der Waals surface area contributed by atoms with Gasteiger partial charge in [-0.05, 0) is 30.7 Å². The Balaban J connectivity index is 2.13. The average molecular weight is 293 g/mol. The average Bonchev–Trinajstić information content (AvgIpc) is 2.77. The fourth-order valence-electron chi connectivity index (χ4n) is 2.33. The van der Waals surface area contributed by atoms with Crippen LogP contribution in [0.3, 0.4) is 0 Å². The third-order valence-corrected chi connectivity index (χ3v) is 5.26. The van der Waals surface area contributed by atoms with Crippen LogP contribution in [0.1, 0.15) is 12.5 Å². The van der Waals surface area contributed by atoms with Gasteiger partial charge >= 0.3 is 0 Å². The lowest BCUT2D eigenvalue weighted by atomic mass is 10.1. The highest BCUT2D eigenvalue weighted by atomic mass is 28.3. The van der Waals surface area contributed by atoms with Gasteiger partial charge in [-0.1, -0.05) is 26.6 Å². The van der Waals surface area contributed by atoms with Crippen molar-refractivity contribution in [3.05, 3.63) is 35.8 Å². The Bertz CT molecular complexity index is 586. The van der Waals surface area contributed by atoms with Crippen molar-refractivity contribution in [2.75, 3.05) is 6.61 Å². The van der Waals surface area contributed by atoms with E-state index in [1.54, 1.807) is 6.07 Å². The molecule has 2 nitrogen and oxygen atoms in total. The van der Waals surface area contributed by atoms with Gasteiger partial charge in [0.05, 0.1) is 5.52 Å². The Labute approximate surface area is 121 Å². The Hall–Kier alpha value is -1.13. The van der Waals surface area contributed by atoms with Gasteiger partial charge in [0.2, 0.25) is 0 Å². The summed E-state index contributed by atoms with van der Waals surface area (Å²) in [4.78, 5) is 0. The van der Waals surface area contributed by atoms with Crippen molar-refractivity contribution in [1.29, 1.82) is 0 Å². The molecule has 0 radical (unpaired) electrons. The molecule has 2 aromatic rings. The summed E-state index contributed by atoms with van der Waals surface area (Å²) in [6.07, 6.45) is 2.68. The maximum Gasteiger partial charge on any atom is 0.128 e. The molecule has 0 aliphatic rings. The van der Waals surface area contributed by atoms with Crippen LogP contribution >= 0.6 is 0 Å². The van der Waals surface area contributed by atoms with Gasteiger partial charge in [0.15, 0.2) is 0 Å². The first-order valence-electron chi connectivity index (χ1n) is 7.26. The molecule has 110 valence electrons. The summed E-state index contributed by atoms with van der Waals surface area (Å²) in [5.74, 6) is -0.123. The smallest absolute Gasteiger partial charge is 0.128 e. The fourth-order valence-corrected chi connectivity index (χ4v) is 3.09. The standard InChI is InChI=1S/C16H24FNOSi/c1-5-14-15(17)7-6-13-8-9-18(16(13)14)12-19-10-11-20(2,3)4/h6-9H,5,10-12H2,1-4H3. The minimum Gasteiger partial charge on any atom is -0.361 e. The molecule has 0 atom stereocenters. The van der Waals surface area contributed by atoms with Gasteiger partial charge in [-0.15, -0.1) is 0 Å². The molecule has 0 fully saturated rings. The molecule has 1 aromatic heterocycles. The highest BCUT2D eigenvalue weighted by Crippen LogP contribution is 2.23. The first-order valence-corrected chi connectivity index (χ1v) is 11.0. The molecule has 20 heavy (non-hydrogen) atoms. The summed E-state index contributed by atoms with van der Waals surface area (Å²) in [6, 6.07) is 6.57. The molecule has 0 amide bonds. The monoisotopic (exact) mass is 293 g/mol. The van der Waals surface area contributed by atoms with Crippen LogP contribution in [0.2, 0.25) is 25.7 Å². The number of rotatable bonds is 6. The first kappa shape index (κ1) is 15.3. The van der Waals surface area contributed by atoms with Crippen LogP contribution in [0.4, 0.5) is 4.39 Å². The third-order valence-electron chi connectivity index (χ3n) is 3.56. The van der Waals surface area contributed by atoms with E-state index in [4.69, 9.17) is 4.74 Å². The lowest BCUT2D eigenvalue weighted by Gasteiger charge is -2.16. The van der Waals surface area contributed by atoms with Crippen LogP contribution in [0.5, 0.6) is 0 Å². The SMILES string of the molecule is CCc1c(F)ccc2ccn(COCC[Si](C)(C)C)c12. The van der Waals surface area contributed by atoms with Gasteiger partial charge in [-0.2, -0.15) is 0 Å². The van der Waals surface area contributed by atoms with E-state index in [0.717, 1.165) is 29.1 Å². The topological polar surface area (TPSA) is 14.2 Å². The van der Waals surface area contributed by atoms with Gasteiger partial charge in [0.25, 0.3) is 0 Å². The van der Waals surface area contributed by atoms with Gasteiger partial charge < -0.3 is 9.30 Å². The molecular formula is C16H24FNOSi. The molecule has 0 aliphatic carbocycles. The van der Waals surface area contributed by atoms with Crippen LogP contribution < -0.4 is 0 Å². The minimum absolute atomic E-state index is 0.123. The fraction of sp³-hybridized carbons (Fsp3) is 0.500. The second kappa shape index (κ2) is 6.10. The largest absolute Gasteiger partial charge is 0.361 e. The Kier molecular flexibility index (Phi) is 4.65. The van der Waals surface area contributed by atoms with Crippen molar-refractivity contribution in [1.82, 2.24) is 4.57 Å². The van der Waals surface area contributed by atoms with Crippen LogP contribution in [0.15, 0.2) is 24.4 Å². The predicted octanol–water partition coefficient (Wildman–Crippen LogP) is 4.66. The molecule has 1 heterocycles. The molecule has 0 bridgehead atoms. The van der Waals surface area contributed by atoms with Gasteiger partial charge in [0.1, 0.15) is 12.5 Å². The Morgan fingerprint density at radius 3 is 2.60 bits per heavy atom. The van der Waals surface area contributed by atoms with Crippen molar-refractivity contribution in [3.63, 3.8) is 0 Å². The third kappa shape index (κ3) is 3.49. The molecule has 0 unspecified atom stereocenters. The van der Waals surface area contributed by atoms with E-state index < -0.39 is 8.07 Å². The second-order valence-corrected chi connectivity index (χ2v) is 12.1. The minimum atomic E-state index is -1.05. The molecule has 1 aromatic carbocycles. The number of aromatic nitrogens is 1. The number of hydrogen-bond donors (Lipinski definition) is 0. The van der Waals surface area contributed by atoms with E-state index in [1.807, 2.05) is 29.8 Å². The van der Waals surface area contributed by atoms with Crippen molar-refractivity contribution in [3.8, 4) is 0 Å². The first-order chi connectivity index (χ1) is 9.42. The number of fused-ring (bicyclic) bond motifs is 1. The maximum absolute atomic E-state index is 13.9. The zero-order chi connectivity index (χ0) is 14.8. The quantitative estimate of drug-likeness (QED) is 0.558. The normalized spacial score (nSPS) is 12.2. The molecule has 0 aliphatic heterocycles. The Morgan fingerprint density at radius 2 is 1.95 bits per heavy atom. The number of nitrogens with zero attached hydrogens (tertiary/aromatic N) is 1. The summed E-state index contributed by atoms with van der Waals surface area (Å²) >= 11 is 0. The summed E-state index contributed by atoms with van der Waals surface area (Å²) in [5, 5.41) is 1.08. The van der Waals surface area contributed by atoms with Crippen molar-refractivity contribution in [2.24, 2.45) is 0 Å². The number of aryl methyl sites for hydroxylation is 1. The zero-order valence-electron chi connectivity index (χ0n) is 12.9. The van der Waals surface area contributed by atoms with Crippen LogP contribution in [-0.2, 0) is 17.9 Å². The highest BCUT2D eigenvalue weighted by Gasteiger charge is 2.13. The van der Waals surface area contributed by atoms with Gasteiger partial charge in [-0.3, -0.25) is 0 Å². The summed E-state index contributed by atoms with van der Waals surface area (Å²) in [5.41, 5.74) is 1.75. The molecule has 2 rings (SSSR count). The molecule has 0 saturated heterocycles. The summed E-state index contributed by atoms with van der Waals surface area (Å²) in [6.45, 7) is 10.3. The summed E-state index contributed by atoms with van der Waals surface area (Å²) < 4.78 is 21.7. The zero-order valence-corrected chi connectivity index (χ0v) is 13.9.